The van der Waals surface area contributed by atoms with Crippen molar-refractivity contribution in [2.24, 2.45) is 0 Å². The van der Waals surface area contributed by atoms with Crippen LogP contribution >= 0.6 is 11.7 Å². The molecule has 6 nitrogen and oxygen atoms in total. The summed E-state index contributed by atoms with van der Waals surface area (Å²) in [7, 11) is -0.788. The second kappa shape index (κ2) is 7.52. The van der Waals surface area contributed by atoms with E-state index in [4.69, 9.17) is 18.6 Å². The molecule has 0 aliphatic carbocycles. The van der Waals surface area contributed by atoms with Crippen LogP contribution < -0.4 is 0 Å². The number of nitrogens with zero attached hydrogens (tertiary/aromatic N) is 2. The van der Waals surface area contributed by atoms with E-state index in [1.54, 1.807) is 0 Å². The molecule has 2 saturated heterocycles. The fourth-order valence-electron chi connectivity index (χ4n) is 3.47. The molecule has 3 heterocycles. The van der Waals surface area contributed by atoms with Crippen LogP contribution in [0.25, 0.3) is 23.2 Å². The Morgan fingerprint density at radius 1 is 0.645 bits per heavy atom. The molecule has 0 bridgehead atoms. The Balaban J connectivity index is 1.53. The largest absolute Gasteiger partial charge is 0.487 e. The molecule has 0 amide bonds. The van der Waals surface area contributed by atoms with Crippen LogP contribution in [0.5, 0.6) is 0 Å². The van der Waals surface area contributed by atoms with Crippen molar-refractivity contribution in [3.63, 3.8) is 0 Å². The predicted molar refractivity (Wildman–Crippen MR) is 128 cm³/mol. The van der Waals surface area contributed by atoms with Gasteiger partial charge in [0.2, 0.25) is 0 Å². The molecule has 9 heteroatoms. The predicted octanol–water partition coefficient (Wildman–Crippen LogP) is 4.98. The summed E-state index contributed by atoms with van der Waals surface area (Å²) in [6.45, 7) is 16.4. The van der Waals surface area contributed by atoms with E-state index in [9.17, 15) is 0 Å². The normalized spacial score (nSPS) is 24.3. The van der Waals surface area contributed by atoms with Crippen LogP contribution in [0, 0.1) is 0 Å². The van der Waals surface area contributed by atoms with Crippen molar-refractivity contribution < 1.29 is 18.6 Å². The van der Waals surface area contributed by atoms with Gasteiger partial charge in [-0.2, -0.15) is 8.75 Å². The molecule has 0 atom stereocenters. The van der Waals surface area contributed by atoms with Gasteiger partial charge in [0.25, 0.3) is 0 Å². The van der Waals surface area contributed by atoms with Gasteiger partial charge in [-0.15, -0.1) is 0 Å². The lowest BCUT2D eigenvalue weighted by atomic mass is 9.88. The summed E-state index contributed by atoms with van der Waals surface area (Å²) in [5.41, 5.74) is 2.23. The highest BCUT2D eigenvalue weighted by atomic mass is 32.1. The van der Waals surface area contributed by atoms with E-state index in [0.29, 0.717) is 0 Å². The van der Waals surface area contributed by atoms with Crippen LogP contribution in [0.15, 0.2) is 24.1 Å². The van der Waals surface area contributed by atoms with Crippen LogP contribution in [0.4, 0.5) is 0 Å². The van der Waals surface area contributed by atoms with Crippen LogP contribution in [-0.2, 0) is 18.6 Å². The van der Waals surface area contributed by atoms with Crippen LogP contribution in [0.3, 0.4) is 0 Å². The molecule has 1 aromatic heterocycles. The third kappa shape index (κ3) is 4.14. The summed E-state index contributed by atoms with van der Waals surface area (Å²) < 4.78 is 33.2. The molecule has 0 radical (unpaired) electrons. The van der Waals surface area contributed by atoms with Crippen molar-refractivity contribution in [2.45, 2.75) is 77.8 Å². The van der Waals surface area contributed by atoms with E-state index in [0.717, 1.165) is 22.2 Å². The number of rotatable bonds is 4. The monoisotopic (exact) mass is 440 g/mol. The lowest BCUT2D eigenvalue weighted by Crippen LogP contribution is -2.41. The number of benzene rings is 1. The number of hydrogen-bond donors (Lipinski definition) is 0. The van der Waals surface area contributed by atoms with Crippen molar-refractivity contribution in [1.29, 1.82) is 0 Å². The van der Waals surface area contributed by atoms with Crippen molar-refractivity contribution in [1.82, 2.24) is 8.75 Å². The van der Waals surface area contributed by atoms with Gasteiger partial charge < -0.3 is 18.6 Å². The fraction of sp³-hybridized carbons (Fsp3) is 0.545. The molecular formula is C22H30B2N2O4S. The van der Waals surface area contributed by atoms with Gasteiger partial charge in [-0.05, 0) is 55.4 Å². The summed E-state index contributed by atoms with van der Waals surface area (Å²) in [4.78, 5) is 0. The van der Waals surface area contributed by atoms with Gasteiger partial charge >= 0.3 is 14.2 Å². The summed E-state index contributed by atoms with van der Waals surface area (Å²) in [5.74, 6) is 3.87. The topological polar surface area (TPSA) is 62.7 Å². The second-order valence-electron chi connectivity index (χ2n) is 10.2. The molecule has 2 aliphatic rings. The summed E-state index contributed by atoms with van der Waals surface area (Å²) in [6.07, 6.45) is 3.99. The zero-order valence-corrected chi connectivity index (χ0v) is 20.4. The molecule has 2 aromatic rings. The third-order valence-electron chi connectivity index (χ3n) is 6.89. The molecule has 164 valence electrons. The fourth-order valence-corrected chi connectivity index (χ4v) is 4.06. The van der Waals surface area contributed by atoms with Gasteiger partial charge in [0.1, 0.15) is 11.0 Å². The summed E-state index contributed by atoms with van der Waals surface area (Å²) in [5, 5.41) is 0. The molecule has 0 saturated carbocycles. The average molecular weight is 440 g/mol. The zero-order chi connectivity index (χ0) is 22.7. The Morgan fingerprint density at radius 3 is 1.29 bits per heavy atom. The molecule has 31 heavy (non-hydrogen) atoms. The lowest BCUT2D eigenvalue weighted by molar-refractivity contribution is 0.00578. The maximum Gasteiger partial charge on any atom is 0.487 e. The minimum Gasteiger partial charge on any atom is -0.400 e. The number of aromatic nitrogens is 2. The van der Waals surface area contributed by atoms with Gasteiger partial charge in [-0.25, -0.2) is 0 Å². The van der Waals surface area contributed by atoms with E-state index in [1.165, 1.54) is 11.7 Å². The Hall–Kier alpha value is -1.51. The first-order chi connectivity index (χ1) is 14.3. The third-order valence-corrected chi connectivity index (χ3v) is 7.42. The highest BCUT2D eigenvalue weighted by Crippen LogP contribution is 2.38. The molecule has 4 rings (SSSR count). The van der Waals surface area contributed by atoms with E-state index < -0.39 is 14.2 Å². The Kier molecular flexibility index (Phi) is 5.50. The maximum absolute atomic E-state index is 6.05. The minimum atomic E-state index is -0.394. The van der Waals surface area contributed by atoms with Crippen molar-refractivity contribution in [3.05, 3.63) is 35.2 Å². The Bertz CT molecular complexity index is 933. The van der Waals surface area contributed by atoms with Crippen LogP contribution in [0.1, 0.15) is 66.5 Å². The number of hydrogen-bond acceptors (Lipinski definition) is 7. The Labute approximate surface area is 189 Å². The SMILES string of the molecule is CC1(C)OB(/C=C/c2ccc(/C=C/B3OC(C)(C)C(C)(C)O3)c3nsnc23)OC1(C)C. The summed E-state index contributed by atoms with van der Waals surface area (Å²) in [6, 6.07) is 4.07. The van der Waals surface area contributed by atoms with Gasteiger partial charge in [0, 0.05) is 11.1 Å². The van der Waals surface area contributed by atoms with Crippen LogP contribution in [-0.4, -0.2) is 45.4 Å². The van der Waals surface area contributed by atoms with Gasteiger partial charge in [0.05, 0.1) is 34.1 Å². The maximum atomic E-state index is 6.05. The zero-order valence-electron chi connectivity index (χ0n) is 19.6. The molecular weight excluding hydrogens is 410 g/mol. The van der Waals surface area contributed by atoms with Crippen molar-refractivity contribution in [2.75, 3.05) is 0 Å². The first-order valence-electron chi connectivity index (χ1n) is 10.6. The minimum absolute atomic E-state index is 0.359. The first kappa shape index (κ1) is 22.7. The van der Waals surface area contributed by atoms with E-state index >= 15 is 0 Å². The number of fused-ring (bicyclic) bond motifs is 1. The smallest absolute Gasteiger partial charge is 0.400 e. The summed E-state index contributed by atoms with van der Waals surface area (Å²) >= 11 is 1.20. The Morgan fingerprint density at radius 2 is 0.968 bits per heavy atom. The van der Waals surface area contributed by atoms with Crippen LogP contribution in [0.2, 0.25) is 0 Å². The van der Waals surface area contributed by atoms with Gasteiger partial charge in [-0.1, -0.05) is 36.2 Å². The van der Waals surface area contributed by atoms with E-state index in [1.807, 2.05) is 91.6 Å². The molecule has 0 unspecified atom stereocenters. The standard InChI is InChI=1S/C22H30B2N2O4S/c1-19(2)20(3,4)28-23(27-19)13-11-15-9-10-16(18-17(15)25-31-26-18)12-14-24-29-21(5,6)22(7,8)30-24/h9-14H,1-8H3/b13-11+,14-12+. The van der Waals surface area contributed by atoms with E-state index in [2.05, 4.69) is 8.75 Å². The van der Waals surface area contributed by atoms with E-state index in [-0.39, 0.29) is 22.4 Å². The molecule has 0 spiro atoms. The quantitative estimate of drug-likeness (QED) is 0.626. The average Bonchev–Trinajstić information content (AvgIpc) is 3.25. The highest BCUT2D eigenvalue weighted by Gasteiger charge is 2.50. The van der Waals surface area contributed by atoms with Gasteiger partial charge in [-0.3, -0.25) is 0 Å². The first-order valence-corrected chi connectivity index (χ1v) is 11.4. The lowest BCUT2D eigenvalue weighted by Gasteiger charge is -2.32. The second-order valence-corrected chi connectivity index (χ2v) is 10.7. The molecule has 1 aromatic carbocycles. The highest BCUT2D eigenvalue weighted by molar-refractivity contribution is 7.00. The van der Waals surface area contributed by atoms with Crippen molar-refractivity contribution in [3.8, 4) is 0 Å². The molecule has 2 aliphatic heterocycles. The molecule has 2 fully saturated rings. The molecule has 0 N–H and O–H groups in total. The van der Waals surface area contributed by atoms with Gasteiger partial charge in [0.15, 0.2) is 0 Å². The van der Waals surface area contributed by atoms with Crippen molar-refractivity contribution >= 4 is 49.2 Å².